The number of hydrogen-bond acceptors (Lipinski definition) is 4. The second kappa shape index (κ2) is 6.37. The van der Waals surface area contributed by atoms with Crippen LogP contribution in [0.4, 0.5) is 15.6 Å². The van der Waals surface area contributed by atoms with Gasteiger partial charge in [-0.2, -0.15) is 0 Å². The first-order valence-corrected chi connectivity index (χ1v) is 9.21. The molecular weight excluding hydrogens is 379 g/mol. The maximum absolute atomic E-state index is 12.6. The largest absolute Gasteiger partial charge is 0.363 e. The zero-order valence-electron chi connectivity index (χ0n) is 13.2. The summed E-state index contributed by atoms with van der Waals surface area (Å²) in [6, 6.07) is 13.1. The molecule has 2 heterocycles. The van der Waals surface area contributed by atoms with Crippen molar-refractivity contribution in [1.29, 1.82) is 0 Å². The van der Waals surface area contributed by atoms with Crippen LogP contribution >= 0.6 is 34.5 Å². The lowest BCUT2D eigenvalue weighted by molar-refractivity contribution is 0.229. The molecule has 8 heteroatoms. The first-order valence-electron chi connectivity index (χ1n) is 7.64. The van der Waals surface area contributed by atoms with Crippen molar-refractivity contribution in [2.75, 3.05) is 23.8 Å². The summed E-state index contributed by atoms with van der Waals surface area (Å²) in [6.07, 6.45) is -0.240. The molecule has 5 nitrogen and oxygen atoms in total. The Kier molecular flexibility index (Phi) is 4.19. The number of likely N-dealkylation sites (N-methyl/N-ethyl adjacent to an activating group) is 1. The molecule has 1 fully saturated rings. The molecule has 3 aromatic rings. The van der Waals surface area contributed by atoms with Crippen LogP contribution in [0.15, 0.2) is 42.5 Å². The van der Waals surface area contributed by atoms with E-state index in [1.807, 2.05) is 30.3 Å². The van der Waals surface area contributed by atoms with E-state index in [1.165, 1.54) is 11.3 Å². The number of urea groups is 1. The van der Waals surface area contributed by atoms with E-state index in [0.29, 0.717) is 21.7 Å². The van der Waals surface area contributed by atoms with Gasteiger partial charge in [-0.15, -0.1) is 0 Å². The number of thiazole rings is 1. The molecular formula is C17H14Cl2N4OS. The van der Waals surface area contributed by atoms with Gasteiger partial charge in [-0.25, -0.2) is 14.7 Å². The number of aromatic nitrogens is 1. The minimum atomic E-state index is -0.240. The lowest BCUT2D eigenvalue weighted by Gasteiger charge is -2.22. The van der Waals surface area contributed by atoms with Gasteiger partial charge in [0.15, 0.2) is 5.13 Å². The number of fused-ring (bicyclic) bond motifs is 1. The molecule has 1 aromatic heterocycles. The quantitative estimate of drug-likeness (QED) is 0.688. The molecule has 1 unspecified atom stereocenters. The fraction of sp³-hybridized carbons (Fsp3) is 0.176. The molecule has 0 aliphatic carbocycles. The molecule has 0 saturated carbocycles. The number of hydrogen-bond donors (Lipinski definition) is 1. The van der Waals surface area contributed by atoms with Gasteiger partial charge in [0.25, 0.3) is 0 Å². The SMILES string of the molecule is CN1CC(Nc2ccc(Cl)c(Cl)c2)N(c2nc3ccccc3s2)C1=O. The Morgan fingerprint density at radius 2 is 2.00 bits per heavy atom. The van der Waals surface area contributed by atoms with Crippen LogP contribution in [0.1, 0.15) is 0 Å². The van der Waals surface area contributed by atoms with Crippen molar-refractivity contribution in [2.24, 2.45) is 0 Å². The first kappa shape index (κ1) is 16.4. The molecule has 2 amide bonds. The van der Waals surface area contributed by atoms with Crippen molar-refractivity contribution >= 4 is 61.6 Å². The number of benzene rings is 2. The van der Waals surface area contributed by atoms with Crippen molar-refractivity contribution < 1.29 is 4.79 Å². The number of amides is 2. The van der Waals surface area contributed by atoms with E-state index in [1.54, 1.807) is 29.0 Å². The fourth-order valence-electron chi connectivity index (χ4n) is 2.80. The second-order valence-electron chi connectivity index (χ2n) is 5.79. The summed E-state index contributed by atoms with van der Waals surface area (Å²) in [5.74, 6) is 0. The lowest BCUT2D eigenvalue weighted by atomic mass is 10.3. The number of nitrogens with one attached hydrogen (secondary N) is 1. The second-order valence-corrected chi connectivity index (χ2v) is 7.61. The Morgan fingerprint density at radius 1 is 1.20 bits per heavy atom. The van der Waals surface area contributed by atoms with Crippen molar-refractivity contribution in [3.8, 4) is 0 Å². The smallest absolute Gasteiger partial charge is 0.327 e. The number of nitrogens with zero attached hydrogens (tertiary/aromatic N) is 3. The maximum Gasteiger partial charge on any atom is 0.327 e. The Hall–Kier alpha value is -2.02. The Balaban J connectivity index is 1.67. The predicted molar refractivity (Wildman–Crippen MR) is 104 cm³/mol. The average molecular weight is 393 g/mol. The molecule has 128 valence electrons. The summed E-state index contributed by atoms with van der Waals surface area (Å²) < 4.78 is 1.05. The minimum Gasteiger partial charge on any atom is -0.363 e. The third-order valence-corrected chi connectivity index (χ3v) is 5.81. The molecule has 2 aromatic carbocycles. The van der Waals surface area contributed by atoms with Gasteiger partial charge in [0.2, 0.25) is 0 Å². The minimum absolute atomic E-state index is 0.0865. The number of para-hydroxylation sites is 1. The summed E-state index contributed by atoms with van der Waals surface area (Å²) in [7, 11) is 1.78. The van der Waals surface area contributed by atoms with Gasteiger partial charge in [-0.05, 0) is 30.3 Å². The zero-order chi connectivity index (χ0) is 17.6. The predicted octanol–water partition coefficient (Wildman–Crippen LogP) is 4.91. The molecule has 1 N–H and O–H groups in total. The molecule has 0 bridgehead atoms. The lowest BCUT2D eigenvalue weighted by Crippen LogP contribution is -2.39. The topological polar surface area (TPSA) is 48.5 Å². The highest BCUT2D eigenvalue weighted by Crippen LogP contribution is 2.33. The van der Waals surface area contributed by atoms with Crippen LogP contribution in [0.5, 0.6) is 0 Å². The van der Waals surface area contributed by atoms with Gasteiger partial charge in [0.05, 0.1) is 26.8 Å². The van der Waals surface area contributed by atoms with Crippen LogP contribution in [0.3, 0.4) is 0 Å². The number of carbonyl (C=O) groups is 1. The van der Waals surface area contributed by atoms with Crippen LogP contribution < -0.4 is 10.2 Å². The highest BCUT2D eigenvalue weighted by Gasteiger charge is 2.38. The standard InChI is InChI=1S/C17H14Cl2N4OS/c1-22-9-15(20-10-6-7-11(18)12(19)8-10)23(17(22)24)16-21-13-4-2-3-5-14(13)25-16/h2-8,15,20H,9H2,1H3. The molecule has 25 heavy (non-hydrogen) atoms. The third kappa shape index (κ3) is 3.01. The summed E-state index contributed by atoms with van der Waals surface area (Å²) in [5.41, 5.74) is 1.69. The summed E-state index contributed by atoms with van der Waals surface area (Å²) >= 11 is 13.6. The van der Waals surface area contributed by atoms with E-state index < -0.39 is 0 Å². The maximum atomic E-state index is 12.6. The molecule has 0 radical (unpaired) electrons. The highest BCUT2D eigenvalue weighted by atomic mass is 35.5. The summed E-state index contributed by atoms with van der Waals surface area (Å²) in [6.45, 7) is 0.537. The number of carbonyl (C=O) groups excluding carboxylic acids is 1. The molecule has 1 atom stereocenters. The first-order chi connectivity index (χ1) is 12.0. The monoisotopic (exact) mass is 392 g/mol. The van der Waals surface area contributed by atoms with Crippen LogP contribution in [0.2, 0.25) is 10.0 Å². The average Bonchev–Trinajstić information content (AvgIpc) is 3.12. The van der Waals surface area contributed by atoms with Gasteiger partial charge >= 0.3 is 6.03 Å². The van der Waals surface area contributed by atoms with Crippen molar-refractivity contribution in [1.82, 2.24) is 9.88 Å². The van der Waals surface area contributed by atoms with Crippen LogP contribution in [-0.4, -0.2) is 35.7 Å². The number of halogens is 2. The van der Waals surface area contributed by atoms with Gasteiger partial charge in [0, 0.05) is 12.7 Å². The van der Waals surface area contributed by atoms with E-state index in [2.05, 4.69) is 10.3 Å². The van der Waals surface area contributed by atoms with Gasteiger partial charge in [0.1, 0.15) is 6.17 Å². The van der Waals surface area contributed by atoms with E-state index in [9.17, 15) is 4.79 Å². The molecule has 1 aliphatic heterocycles. The van der Waals surface area contributed by atoms with E-state index in [-0.39, 0.29) is 12.2 Å². The van der Waals surface area contributed by atoms with Gasteiger partial charge < -0.3 is 10.2 Å². The van der Waals surface area contributed by atoms with E-state index >= 15 is 0 Å². The van der Waals surface area contributed by atoms with Crippen LogP contribution in [-0.2, 0) is 0 Å². The summed E-state index contributed by atoms with van der Waals surface area (Å²) in [5, 5.41) is 4.99. The summed E-state index contributed by atoms with van der Waals surface area (Å²) in [4.78, 5) is 20.6. The van der Waals surface area contributed by atoms with E-state index in [0.717, 1.165) is 15.9 Å². The number of anilines is 2. The Labute approximate surface area is 158 Å². The molecule has 1 saturated heterocycles. The van der Waals surface area contributed by atoms with E-state index in [4.69, 9.17) is 23.2 Å². The third-order valence-electron chi connectivity index (χ3n) is 4.03. The van der Waals surface area contributed by atoms with Crippen LogP contribution in [0.25, 0.3) is 10.2 Å². The van der Waals surface area contributed by atoms with Crippen molar-refractivity contribution in [3.63, 3.8) is 0 Å². The number of rotatable bonds is 3. The zero-order valence-corrected chi connectivity index (χ0v) is 15.6. The van der Waals surface area contributed by atoms with Gasteiger partial charge in [-0.1, -0.05) is 46.7 Å². The normalized spacial score (nSPS) is 17.6. The van der Waals surface area contributed by atoms with Crippen molar-refractivity contribution in [3.05, 3.63) is 52.5 Å². The van der Waals surface area contributed by atoms with Gasteiger partial charge in [-0.3, -0.25) is 0 Å². The molecule has 1 aliphatic rings. The Bertz CT molecular complexity index is 928. The molecule has 4 rings (SSSR count). The van der Waals surface area contributed by atoms with Crippen LogP contribution in [0, 0.1) is 0 Å². The van der Waals surface area contributed by atoms with Crippen molar-refractivity contribution in [2.45, 2.75) is 6.17 Å². The Morgan fingerprint density at radius 3 is 2.76 bits per heavy atom. The molecule has 0 spiro atoms. The fourth-order valence-corrected chi connectivity index (χ4v) is 4.11. The highest BCUT2D eigenvalue weighted by molar-refractivity contribution is 7.22.